The van der Waals surface area contributed by atoms with Crippen molar-refractivity contribution in [2.45, 2.75) is 39.2 Å². The third-order valence-corrected chi connectivity index (χ3v) is 4.93. The maximum absolute atomic E-state index is 5.57. The predicted molar refractivity (Wildman–Crippen MR) is 116 cm³/mol. The molecule has 2 N–H and O–H groups in total. The Balaban J connectivity index is 1.47. The smallest absolute Gasteiger partial charge is 0.191 e. The number of hydrogen-bond acceptors (Lipinski definition) is 4. The Morgan fingerprint density at radius 3 is 2.54 bits per heavy atom. The van der Waals surface area contributed by atoms with E-state index in [1.54, 1.807) is 7.05 Å². The van der Waals surface area contributed by atoms with Gasteiger partial charge in [-0.05, 0) is 30.4 Å². The van der Waals surface area contributed by atoms with E-state index in [1.165, 1.54) is 17.5 Å². The standard InChI is InChI=1S/C22H38N4O2/c1-3-4-15-27-17-18-28-16-12-25-22(23-2)24-11-7-13-26-14-10-20-8-5-6-9-21(20)19-26/h5-6,8-9H,3-4,7,10-19H2,1-2H3,(H2,23,24,25). The van der Waals surface area contributed by atoms with Crippen molar-refractivity contribution < 1.29 is 9.47 Å². The lowest BCUT2D eigenvalue weighted by molar-refractivity contribution is 0.0487. The monoisotopic (exact) mass is 390 g/mol. The van der Waals surface area contributed by atoms with Crippen LogP contribution in [0.4, 0.5) is 0 Å². The molecular weight excluding hydrogens is 352 g/mol. The Kier molecular flexibility index (Phi) is 11.6. The van der Waals surface area contributed by atoms with Crippen LogP contribution in [-0.4, -0.2) is 70.5 Å². The molecule has 0 aliphatic carbocycles. The molecule has 28 heavy (non-hydrogen) atoms. The van der Waals surface area contributed by atoms with E-state index in [4.69, 9.17) is 9.47 Å². The minimum atomic E-state index is 0.649. The maximum Gasteiger partial charge on any atom is 0.191 e. The van der Waals surface area contributed by atoms with E-state index >= 15 is 0 Å². The van der Waals surface area contributed by atoms with Gasteiger partial charge < -0.3 is 20.1 Å². The summed E-state index contributed by atoms with van der Waals surface area (Å²) >= 11 is 0. The summed E-state index contributed by atoms with van der Waals surface area (Å²) in [6, 6.07) is 8.80. The molecule has 0 aromatic heterocycles. The molecule has 1 aromatic rings. The average molecular weight is 391 g/mol. The van der Waals surface area contributed by atoms with Crippen LogP contribution in [0.15, 0.2) is 29.3 Å². The number of aliphatic imine (C=N–C) groups is 1. The van der Waals surface area contributed by atoms with E-state index in [9.17, 15) is 0 Å². The second kappa shape index (κ2) is 14.4. The van der Waals surface area contributed by atoms with Crippen molar-refractivity contribution in [1.29, 1.82) is 0 Å². The predicted octanol–water partition coefficient (Wildman–Crippen LogP) is 2.43. The lowest BCUT2D eigenvalue weighted by atomic mass is 10.00. The second-order valence-corrected chi connectivity index (χ2v) is 7.15. The summed E-state index contributed by atoms with van der Waals surface area (Å²) in [6.45, 7) is 9.99. The Morgan fingerprint density at radius 2 is 1.75 bits per heavy atom. The largest absolute Gasteiger partial charge is 0.379 e. The van der Waals surface area contributed by atoms with Crippen LogP contribution in [0.3, 0.4) is 0 Å². The Morgan fingerprint density at radius 1 is 1.00 bits per heavy atom. The van der Waals surface area contributed by atoms with Crippen molar-refractivity contribution in [3.8, 4) is 0 Å². The van der Waals surface area contributed by atoms with Crippen LogP contribution in [-0.2, 0) is 22.4 Å². The van der Waals surface area contributed by atoms with E-state index in [-0.39, 0.29) is 0 Å². The van der Waals surface area contributed by atoms with Crippen LogP contribution < -0.4 is 10.6 Å². The summed E-state index contributed by atoms with van der Waals surface area (Å²) < 4.78 is 11.0. The molecule has 1 aliphatic heterocycles. The molecule has 6 nitrogen and oxygen atoms in total. The molecule has 1 heterocycles. The quantitative estimate of drug-likeness (QED) is 0.308. The number of fused-ring (bicyclic) bond motifs is 1. The fraction of sp³-hybridized carbons (Fsp3) is 0.682. The van der Waals surface area contributed by atoms with Crippen LogP contribution in [0.25, 0.3) is 0 Å². The van der Waals surface area contributed by atoms with Gasteiger partial charge in [0.2, 0.25) is 0 Å². The van der Waals surface area contributed by atoms with Crippen LogP contribution in [0.5, 0.6) is 0 Å². The topological polar surface area (TPSA) is 58.1 Å². The highest BCUT2D eigenvalue weighted by Gasteiger charge is 2.14. The number of nitrogens with zero attached hydrogens (tertiary/aromatic N) is 2. The summed E-state index contributed by atoms with van der Waals surface area (Å²) in [5.41, 5.74) is 2.99. The Labute approximate surface area is 170 Å². The molecule has 1 aromatic carbocycles. The van der Waals surface area contributed by atoms with Gasteiger partial charge in [0, 0.05) is 46.4 Å². The highest BCUT2D eigenvalue weighted by atomic mass is 16.5. The molecule has 0 bridgehead atoms. The van der Waals surface area contributed by atoms with Gasteiger partial charge in [-0.15, -0.1) is 0 Å². The molecule has 1 aliphatic rings. The van der Waals surface area contributed by atoms with Crippen molar-refractivity contribution in [2.24, 2.45) is 4.99 Å². The fourth-order valence-electron chi connectivity index (χ4n) is 3.29. The minimum absolute atomic E-state index is 0.649. The van der Waals surface area contributed by atoms with E-state index < -0.39 is 0 Å². The first kappa shape index (κ1) is 22.7. The number of benzene rings is 1. The second-order valence-electron chi connectivity index (χ2n) is 7.15. The number of rotatable bonds is 13. The zero-order chi connectivity index (χ0) is 19.9. The minimum Gasteiger partial charge on any atom is -0.379 e. The van der Waals surface area contributed by atoms with Crippen LogP contribution >= 0.6 is 0 Å². The molecule has 0 radical (unpaired) electrons. The molecule has 0 saturated heterocycles. The molecule has 6 heteroatoms. The van der Waals surface area contributed by atoms with E-state index in [1.807, 2.05) is 0 Å². The molecule has 0 atom stereocenters. The Bertz CT molecular complexity index is 565. The normalized spacial score (nSPS) is 14.7. The lowest BCUT2D eigenvalue weighted by Crippen LogP contribution is -2.40. The van der Waals surface area contributed by atoms with Crippen LogP contribution in [0.1, 0.15) is 37.3 Å². The SMILES string of the molecule is CCCCOCCOCCNC(=NC)NCCCN1CCc2ccccc2C1. The summed E-state index contributed by atoms with van der Waals surface area (Å²) in [6.07, 6.45) is 4.56. The van der Waals surface area contributed by atoms with Crippen molar-refractivity contribution in [2.75, 3.05) is 59.7 Å². The summed E-state index contributed by atoms with van der Waals surface area (Å²) in [5, 5.41) is 6.68. The highest BCUT2D eigenvalue weighted by Crippen LogP contribution is 2.18. The molecule has 0 saturated carbocycles. The van der Waals surface area contributed by atoms with Gasteiger partial charge in [-0.2, -0.15) is 0 Å². The molecule has 0 fully saturated rings. The van der Waals surface area contributed by atoms with Crippen molar-refractivity contribution in [3.63, 3.8) is 0 Å². The molecular formula is C22H38N4O2. The number of unbranched alkanes of at least 4 members (excludes halogenated alkanes) is 1. The van der Waals surface area contributed by atoms with Gasteiger partial charge in [-0.25, -0.2) is 0 Å². The lowest BCUT2D eigenvalue weighted by Gasteiger charge is -2.28. The number of guanidine groups is 1. The summed E-state index contributed by atoms with van der Waals surface area (Å²) in [4.78, 5) is 6.81. The average Bonchev–Trinajstić information content (AvgIpc) is 2.74. The summed E-state index contributed by atoms with van der Waals surface area (Å²) in [5.74, 6) is 0.840. The number of nitrogens with one attached hydrogen (secondary N) is 2. The first-order chi connectivity index (χ1) is 13.8. The maximum atomic E-state index is 5.57. The van der Waals surface area contributed by atoms with Gasteiger partial charge in [-0.3, -0.25) is 9.89 Å². The van der Waals surface area contributed by atoms with Crippen molar-refractivity contribution >= 4 is 5.96 Å². The van der Waals surface area contributed by atoms with Crippen molar-refractivity contribution in [3.05, 3.63) is 35.4 Å². The summed E-state index contributed by atoms with van der Waals surface area (Å²) in [7, 11) is 1.80. The zero-order valence-electron chi connectivity index (χ0n) is 17.7. The molecule has 158 valence electrons. The molecule has 0 unspecified atom stereocenters. The van der Waals surface area contributed by atoms with Gasteiger partial charge in [0.05, 0.1) is 19.8 Å². The van der Waals surface area contributed by atoms with Gasteiger partial charge in [0.1, 0.15) is 0 Å². The Hall–Kier alpha value is -1.63. The van der Waals surface area contributed by atoms with Crippen LogP contribution in [0.2, 0.25) is 0 Å². The number of ether oxygens (including phenoxy) is 2. The fourth-order valence-corrected chi connectivity index (χ4v) is 3.29. The molecule has 0 spiro atoms. The van der Waals surface area contributed by atoms with Gasteiger partial charge >= 0.3 is 0 Å². The van der Waals surface area contributed by atoms with Crippen LogP contribution in [0, 0.1) is 0 Å². The van der Waals surface area contributed by atoms with E-state index in [2.05, 4.69) is 51.7 Å². The van der Waals surface area contributed by atoms with E-state index in [0.717, 1.165) is 64.6 Å². The molecule has 2 rings (SSSR count). The third kappa shape index (κ3) is 9.04. The first-order valence-electron chi connectivity index (χ1n) is 10.7. The number of hydrogen-bond donors (Lipinski definition) is 2. The van der Waals surface area contributed by atoms with Gasteiger partial charge in [-0.1, -0.05) is 37.6 Å². The van der Waals surface area contributed by atoms with Gasteiger partial charge in [0.15, 0.2) is 5.96 Å². The zero-order valence-corrected chi connectivity index (χ0v) is 17.7. The first-order valence-corrected chi connectivity index (χ1v) is 10.7. The van der Waals surface area contributed by atoms with E-state index in [0.29, 0.717) is 19.8 Å². The highest BCUT2D eigenvalue weighted by molar-refractivity contribution is 5.79. The van der Waals surface area contributed by atoms with Gasteiger partial charge in [0.25, 0.3) is 0 Å². The van der Waals surface area contributed by atoms with Crippen molar-refractivity contribution in [1.82, 2.24) is 15.5 Å². The third-order valence-electron chi connectivity index (χ3n) is 4.93. The molecule has 0 amide bonds.